The monoisotopic (exact) mass is 328 g/mol. The van der Waals surface area contributed by atoms with Gasteiger partial charge in [-0.3, -0.25) is 0 Å². The summed E-state index contributed by atoms with van der Waals surface area (Å²) >= 11 is 0. The topological polar surface area (TPSA) is 32.3 Å². The van der Waals surface area contributed by atoms with Gasteiger partial charge in [0.25, 0.3) is 5.69 Å². The van der Waals surface area contributed by atoms with Crippen LogP contribution in [0.1, 0.15) is 25.2 Å². The highest BCUT2D eigenvalue weighted by Crippen LogP contribution is 2.24. The third-order valence-electron chi connectivity index (χ3n) is 3.96. The minimum absolute atomic E-state index is 0. The van der Waals surface area contributed by atoms with E-state index < -0.39 is 0 Å². The summed E-state index contributed by atoms with van der Waals surface area (Å²) in [6.07, 6.45) is 7.38. The summed E-state index contributed by atoms with van der Waals surface area (Å²) in [4.78, 5) is 13.8. The van der Waals surface area contributed by atoms with Crippen molar-refractivity contribution in [3.8, 4) is 0 Å². The molecule has 0 saturated carbocycles. The third kappa shape index (κ3) is 3.29. The molecular weight excluding hydrogens is 308 g/mol. The molecule has 2 aromatic rings. The van der Waals surface area contributed by atoms with E-state index in [1.165, 1.54) is 0 Å². The number of hydrogen-bond acceptors (Lipinski definition) is 4. The van der Waals surface area contributed by atoms with Gasteiger partial charge in [0.05, 0.1) is 11.6 Å². The first-order valence-electron chi connectivity index (χ1n) is 7.68. The molecule has 0 aliphatic heterocycles. The van der Waals surface area contributed by atoms with Gasteiger partial charge in [-0.05, 0) is 32.0 Å². The zero-order valence-corrected chi connectivity index (χ0v) is 14.7. The van der Waals surface area contributed by atoms with E-state index in [0.29, 0.717) is 0 Å². The first kappa shape index (κ1) is 17.2. The molecule has 1 aliphatic rings. The van der Waals surface area contributed by atoms with Crippen LogP contribution in [0.2, 0.25) is 0 Å². The molecule has 0 saturated heterocycles. The van der Waals surface area contributed by atoms with Crippen LogP contribution in [0.4, 0.5) is 5.69 Å². The molecule has 0 amide bonds. The summed E-state index contributed by atoms with van der Waals surface area (Å²) in [7, 11) is 4.06. The van der Waals surface area contributed by atoms with Crippen molar-refractivity contribution in [2.75, 3.05) is 32.1 Å². The fourth-order valence-corrected chi connectivity index (χ4v) is 2.64. The third-order valence-corrected chi connectivity index (χ3v) is 3.96. The van der Waals surface area contributed by atoms with Crippen molar-refractivity contribution in [3.63, 3.8) is 0 Å². The van der Waals surface area contributed by atoms with Crippen molar-refractivity contribution in [2.45, 2.75) is 13.8 Å². The van der Waals surface area contributed by atoms with Crippen LogP contribution in [0.3, 0.4) is 0 Å². The van der Waals surface area contributed by atoms with Gasteiger partial charge in [-0.1, -0.05) is 0 Å². The molecule has 4 nitrogen and oxygen atoms in total. The Balaban J connectivity index is 0.00000192. The maximum absolute atomic E-state index is 4.79. The highest BCUT2D eigenvalue weighted by molar-refractivity contribution is 5.81. The van der Waals surface area contributed by atoms with Crippen molar-refractivity contribution >= 4 is 22.8 Å². The van der Waals surface area contributed by atoms with Gasteiger partial charge in [0.2, 0.25) is 5.69 Å². The Hall–Kier alpha value is -2.16. The average molecular weight is 329 g/mol. The number of allylic oxidation sites excluding steroid dienone is 1. The lowest BCUT2D eigenvalue weighted by Crippen LogP contribution is -3.00. The number of benzene rings is 1. The van der Waals surface area contributed by atoms with Crippen LogP contribution in [0, 0.1) is 6.08 Å². The minimum atomic E-state index is 0. The van der Waals surface area contributed by atoms with E-state index >= 15 is 0 Å². The number of fused-ring (bicyclic) bond motifs is 2. The van der Waals surface area contributed by atoms with Crippen LogP contribution in [-0.2, 0) is 0 Å². The molecule has 0 N–H and O–H groups in total. The zero-order chi connectivity index (χ0) is 15.7. The van der Waals surface area contributed by atoms with Gasteiger partial charge in [0.15, 0.2) is 5.70 Å². The van der Waals surface area contributed by atoms with Crippen LogP contribution >= 0.6 is 0 Å². The van der Waals surface area contributed by atoms with E-state index in [1.807, 2.05) is 26.2 Å². The Bertz CT molecular complexity index is 761. The largest absolute Gasteiger partial charge is 1.00 e. The van der Waals surface area contributed by atoms with E-state index in [1.54, 1.807) is 0 Å². The number of likely N-dealkylation sites (N-methyl/N-ethyl adjacent to an activating group) is 1. The van der Waals surface area contributed by atoms with Gasteiger partial charge in [0.1, 0.15) is 17.7 Å². The van der Waals surface area contributed by atoms with Crippen LogP contribution in [0.25, 0.3) is 17.1 Å². The van der Waals surface area contributed by atoms with Crippen molar-refractivity contribution in [2.24, 2.45) is 0 Å². The quantitative estimate of drug-likeness (QED) is 0.746. The maximum atomic E-state index is 4.79. The van der Waals surface area contributed by atoms with Crippen molar-refractivity contribution in [3.05, 3.63) is 47.4 Å². The van der Waals surface area contributed by atoms with E-state index in [0.717, 1.165) is 46.9 Å². The van der Waals surface area contributed by atoms with Gasteiger partial charge in [-0.25, -0.2) is 4.98 Å². The Kier molecular flexibility index (Phi) is 5.19. The summed E-state index contributed by atoms with van der Waals surface area (Å²) in [5.74, 6) is 0. The highest BCUT2D eigenvalue weighted by Gasteiger charge is 2.22. The van der Waals surface area contributed by atoms with E-state index in [4.69, 9.17) is 4.98 Å². The van der Waals surface area contributed by atoms with Gasteiger partial charge < -0.3 is 22.2 Å². The Labute approximate surface area is 143 Å². The molecule has 0 fully saturated rings. The summed E-state index contributed by atoms with van der Waals surface area (Å²) in [6.45, 7) is 6.26. The molecule has 3 rings (SSSR count). The van der Waals surface area contributed by atoms with Crippen LogP contribution in [-0.4, -0.2) is 42.1 Å². The lowest BCUT2D eigenvalue weighted by molar-refractivity contribution is -0.00000473. The molecule has 5 heteroatoms. The minimum Gasteiger partial charge on any atom is -1.00 e. The molecule has 1 aromatic heterocycles. The summed E-state index contributed by atoms with van der Waals surface area (Å²) in [6, 6.07) is 6.15. The zero-order valence-electron chi connectivity index (χ0n) is 14.0. The molecule has 23 heavy (non-hydrogen) atoms. The fraction of sp³-hybridized carbons (Fsp3) is 0.333. The molecule has 1 heterocycles. The molecule has 1 aliphatic carbocycles. The number of aromatic nitrogens is 2. The van der Waals surface area contributed by atoms with Crippen LogP contribution in [0.15, 0.2) is 30.0 Å². The second-order valence-corrected chi connectivity index (χ2v) is 5.56. The standard InChI is InChI=1S/C18H21N4.ClH/c1-5-22(6-2)14-8-10-16-18(12-14)20-17-11-13(21(3)4)7-9-15(17)19-16;/h7-9,11-12H,5-6H2,1-4H3;1H/q+1;/p-1. The van der Waals surface area contributed by atoms with Gasteiger partial charge in [-0.2, -0.15) is 4.98 Å². The van der Waals surface area contributed by atoms with Gasteiger partial charge >= 0.3 is 0 Å². The van der Waals surface area contributed by atoms with E-state index in [-0.39, 0.29) is 12.4 Å². The number of nitrogens with zero attached hydrogens (tertiary/aromatic N) is 4. The number of rotatable bonds is 4. The van der Waals surface area contributed by atoms with Crippen molar-refractivity contribution in [1.29, 1.82) is 0 Å². The SMILES string of the molecule is CCN(CC)C1=Cc2nc3cc(N(C)C)ccc3nc2[C+]=C1.[Cl-]. The molecule has 1 aromatic carbocycles. The van der Waals surface area contributed by atoms with Gasteiger partial charge in [0, 0.05) is 32.9 Å². The number of halogens is 1. The maximum Gasteiger partial charge on any atom is 0.256 e. The molecule has 0 spiro atoms. The summed E-state index contributed by atoms with van der Waals surface area (Å²) < 4.78 is 0. The Morgan fingerprint density at radius 2 is 1.78 bits per heavy atom. The molecule has 120 valence electrons. The summed E-state index contributed by atoms with van der Waals surface area (Å²) in [5.41, 5.74) is 5.82. The van der Waals surface area contributed by atoms with Crippen LogP contribution < -0.4 is 17.3 Å². The fourth-order valence-electron chi connectivity index (χ4n) is 2.64. The van der Waals surface area contributed by atoms with E-state index in [9.17, 15) is 0 Å². The van der Waals surface area contributed by atoms with Gasteiger partial charge in [-0.15, -0.1) is 0 Å². The lowest BCUT2D eigenvalue weighted by atomic mass is 10.1. The molecule has 0 atom stereocenters. The Morgan fingerprint density at radius 1 is 1.04 bits per heavy atom. The second kappa shape index (κ2) is 6.95. The van der Waals surface area contributed by atoms with Crippen molar-refractivity contribution < 1.29 is 12.4 Å². The predicted octanol–water partition coefficient (Wildman–Crippen LogP) is 0.104. The molecule has 0 unspecified atom stereocenters. The van der Waals surface area contributed by atoms with Crippen LogP contribution in [0.5, 0.6) is 0 Å². The summed E-state index contributed by atoms with van der Waals surface area (Å²) in [5, 5.41) is 0. The van der Waals surface area contributed by atoms with E-state index in [2.05, 4.69) is 52.9 Å². The molecular formula is C18H21ClN4. The highest BCUT2D eigenvalue weighted by atomic mass is 35.5. The second-order valence-electron chi connectivity index (χ2n) is 5.56. The number of hydrogen-bond donors (Lipinski definition) is 0. The Morgan fingerprint density at radius 3 is 2.43 bits per heavy atom. The van der Waals surface area contributed by atoms with Crippen molar-refractivity contribution in [1.82, 2.24) is 14.9 Å². The number of anilines is 1. The molecule has 0 bridgehead atoms. The normalized spacial score (nSPS) is 12.1. The predicted molar refractivity (Wildman–Crippen MR) is 91.7 cm³/mol. The molecule has 0 radical (unpaired) electrons. The first-order valence-corrected chi connectivity index (χ1v) is 7.68. The first-order chi connectivity index (χ1) is 10.6. The average Bonchev–Trinajstić information content (AvgIpc) is 2.53. The lowest BCUT2D eigenvalue weighted by Gasteiger charge is -2.17. The smallest absolute Gasteiger partial charge is 0.256 e.